The highest BCUT2D eigenvalue weighted by molar-refractivity contribution is 7.89. The van der Waals surface area contributed by atoms with E-state index in [1.165, 1.54) is 27.6 Å². The molecule has 0 saturated carbocycles. The Kier molecular flexibility index (Phi) is 6.99. The number of piperazine rings is 1. The molecule has 6 rings (SSSR count). The zero-order chi connectivity index (χ0) is 26.8. The van der Waals surface area contributed by atoms with Crippen LogP contribution in [0, 0.1) is 6.92 Å². The SMILES string of the molecule is Cc1ccc(Oc2ccc(Cc3nsc(N4CCN(S(=O)(=O)c5cnc6ccccc6c5)CC4)n3)cc2)cc1. The zero-order valence-electron chi connectivity index (χ0n) is 21.4. The van der Waals surface area contributed by atoms with Gasteiger partial charge in [0.25, 0.3) is 0 Å². The second-order valence-corrected chi connectivity index (χ2v) is 12.2. The average molecular weight is 558 g/mol. The third-order valence-electron chi connectivity index (χ3n) is 6.71. The monoisotopic (exact) mass is 557 g/mol. The number of hydrogen-bond donors (Lipinski definition) is 0. The molecule has 0 spiro atoms. The number of pyridine rings is 1. The van der Waals surface area contributed by atoms with Crippen molar-refractivity contribution < 1.29 is 13.2 Å². The molecule has 0 radical (unpaired) electrons. The zero-order valence-corrected chi connectivity index (χ0v) is 23.0. The molecule has 8 nitrogen and oxygen atoms in total. The van der Waals surface area contributed by atoms with E-state index in [0.717, 1.165) is 38.9 Å². The fourth-order valence-electron chi connectivity index (χ4n) is 4.51. The van der Waals surface area contributed by atoms with Crippen LogP contribution in [0.15, 0.2) is 90.0 Å². The minimum atomic E-state index is -3.62. The second kappa shape index (κ2) is 10.7. The molecule has 0 aliphatic carbocycles. The van der Waals surface area contributed by atoms with Gasteiger partial charge < -0.3 is 9.64 Å². The normalized spacial score (nSPS) is 14.5. The number of fused-ring (bicyclic) bond motifs is 1. The Hall–Kier alpha value is -3.86. The number of ether oxygens (including phenoxy) is 1. The lowest BCUT2D eigenvalue weighted by Gasteiger charge is -2.33. The molecule has 1 fully saturated rings. The molecule has 2 aromatic heterocycles. The smallest absolute Gasteiger partial charge is 0.244 e. The van der Waals surface area contributed by atoms with Crippen molar-refractivity contribution in [2.45, 2.75) is 18.2 Å². The summed E-state index contributed by atoms with van der Waals surface area (Å²) in [4.78, 5) is 11.4. The molecule has 0 amide bonds. The summed E-state index contributed by atoms with van der Waals surface area (Å²) in [5, 5.41) is 1.63. The quantitative estimate of drug-likeness (QED) is 0.269. The molecule has 0 N–H and O–H groups in total. The van der Waals surface area contributed by atoms with Crippen LogP contribution in [0.25, 0.3) is 10.9 Å². The molecule has 3 heterocycles. The predicted octanol–water partition coefficient (Wildman–Crippen LogP) is 5.29. The summed E-state index contributed by atoms with van der Waals surface area (Å²) in [7, 11) is -3.62. The first kappa shape index (κ1) is 25.4. The van der Waals surface area contributed by atoms with E-state index in [1.807, 2.05) is 79.7 Å². The van der Waals surface area contributed by atoms with Gasteiger partial charge in [0.15, 0.2) is 0 Å². The van der Waals surface area contributed by atoms with Crippen LogP contribution < -0.4 is 9.64 Å². The van der Waals surface area contributed by atoms with Crippen LogP contribution in [-0.2, 0) is 16.4 Å². The van der Waals surface area contributed by atoms with Crippen LogP contribution in [0.2, 0.25) is 0 Å². The predicted molar refractivity (Wildman–Crippen MR) is 153 cm³/mol. The first-order valence-corrected chi connectivity index (χ1v) is 14.9. The summed E-state index contributed by atoms with van der Waals surface area (Å²) >= 11 is 1.35. The summed E-state index contributed by atoms with van der Waals surface area (Å²) < 4.78 is 38.5. The third-order valence-corrected chi connectivity index (χ3v) is 9.39. The second-order valence-electron chi connectivity index (χ2n) is 9.48. The molecule has 10 heteroatoms. The minimum absolute atomic E-state index is 0.225. The van der Waals surface area contributed by atoms with Gasteiger partial charge in [-0.25, -0.2) is 13.4 Å². The van der Waals surface area contributed by atoms with Crippen LogP contribution in [0.4, 0.5) is 5.13 Å². The topological polar surface area (TPSA) is 88.5 Å². The van der Waals surface area contributed by atoms with Gasteiger partial charge >= 0.3 is 0 Å². The number of aromatic nitrogens is 3. The molecule has 0 atom stereocenters. The van der Waals surface area contributed by atoms with Crippen LogP contribution in [0.5, 0.6) is 11.5 Å². The maximum Gasteiger partial charge on any atom is 0.244 e. The van der Waals surface area contributed by atoms with E-state index in [2.05, 4.69) is 14.3 Å². The van der Waals surface area contributed by atoms with Crippen molar-refractivity contribution in [3.05, 3.63) is 102 Å². The van der Waals surface area contributed by atoms with Crippen molar-refractivity contribution in [3.63, 3.8) is 0 Å². The van der Waals surface area contributed by atoms with Crippen LogP contribution in [0.3, 0.4) is 0 Å². The number of aryl methyl sites for hydroxylation is 1. The van der Waals surface area contributed by atoms with Gasteiger partial charge in [-0.05, 0) is 48.9 Å². The molecule has 39 heavy (non-hydrogen) atoms. The molecule has 198 valence electrons. The number of rotatable bonds is 7. The Morgan fingerprint density at radius 3 is 2.33 bits per heavy atom. The summed E-state index contributed by atoms with van der Waals surface area (Å²) in [6.45, 7) is 3.92. The molecule has 1 saturated heterocycles. The van der Waals surface area contributed by atoms with E-state index < -0.39 is 10.0 Å². The summed E-state index contributed by atoms with van der Waals surface area (Å²) in [5.74, 6) is 2.34. The van der Waals surface area contributed by atoms with Gasteiger partial charge in [0.1, 0.15) is 22.2 Å². The van der Waals surface area contributed by atoms with Gasteiger partial charge in [0, 0.05) is 55.7 Å². The largest absolute Gasteiger partial charge is 0.457 e. The highest BCUT2D eigenvalue weighted by atomic mass is 32.2. The molecule has 0 bridgehead atoms. The number of sulfonamides is 1. The number of anilines is 1. The Labute approximate surface area is 231 Å². The lowest BCUT2D eigenvalue weighted by Crippen LogP contribution is -2.48. The maximum atomic E-state index is 13.3. The molecular formula is C29H27N5O3S2. The summed E-state index contributed by atoms with van der Waals surface area (Å²) in [5.41, 5.74) is 3.06. The van der Waals surface area contributed by atoms with Gasteiger partial charge in [-0.1, -0.05) is 48.0 Å². The van der Waals surface area contributed by atoms with Gasteiger partial charge in [0.2, 0.25) is 15.2 Å². The highest BCUT2D eigenvalue weighted by Gasteiger charge is 2.30. The Balaban J connectivity index is 1.06. The molecule has 5 aromatic rings. The van der Waals surface area contributed by atoms with Crippen LogP contribution >= 0.6 is 11.5 Å². The van der Waals surface area contributed by atoms with E-state index in [0.29, 0.717) is 32.6 Å². The molecule has 1 aliphatic rings. The maximum absolute atomic E-state index is 13.3. The van der Waals surface area contributed by atoms with Crippen molar-refractivity contribution in [1.82, 2.24) is 18.6 Å². The molecular weight excluding hydrogens is 530 g/mol. The van der Waals surface area contributed by atoms with E-state index in [1.54, 1.807) is 6.07 Å². The highest BCUT2D eigenvalue weighted by Crippen LogP contribution is 2.26. The molecule has 0 unspecified atom stereocenters. The Morgan fingerprint density at radius 2 is 1.59 bits per heavy atom. The van der Waals surface area contributed by atoms with Crippen molar-refractivity contribution in [1.29, 1.82) is 0 Å². The average Bonchev–Trinajstić information content (AvgIpc) is 3.43. The van der Waals surface area contributed by atoms with Gasteiger partial charge in [-0.15, -0.1) is 0 Å². The number of benzene rings is 3. The fourth-order valence-corrected chi connectivity index (χ4v) is 6.65. The van der Waals surface area contributed by atoms with Crippen molar-refractivity contribution in [2.24, 2.45) is 0 Å². The van der Waals surface area contributed by atoms with Gasteiger partial charge in [0.05, 0.1) is 5.52 Å². The number of para-hydroxylation sites is 1. The first-order valence-electron chi connectivity index (χ1n) is 12.7. The Bertz CT molecular complexity index is 1700. The molecule has 3 aromatic carbocycles. The number of hydrogen-bond acceptors (Lipinski definition) is 8. The first-order chi connectivity index (χ1) is 18.9. The van der Waals surface area contributed by atoms with Crippen molar-refractivity contribution in [3.8, 4) is 11.5 Å². The van der Waals surface area contributed by atoms with Crippen LogP contribution in [-0.4, -0.2) is 53.2 Å². The van der Waals surface area contributed by atoms with E-state index in [4.69, 9.17) is 9.72 Å². The summed E-state index contributed by atoms with van der Waals surface area (Å²) in [6, 6.07) is 25.1. The third kappa shape index (κ3) is 5.63. The van der Waals surface area contributed by atoms with E-state index in [-0.39, 0.29) is 4.90 Å². The van der Waals surface area contributed by atoms with Crippen LogP contribution in [0.1, 0.15) is 17.0 Å². The minimum Gasteiger partial charge on any atom is -0.457 e. The standard InChI is InChI=1S/C29H27N5O3S2/c1-21-6-10-24(11-7-21)37-25-12-8-22(9-13-25)18-28-31-29(38-32-28)33-14-16-34(17-15-33)39(35,36)26-19-23-4-2-3-5-27(23)30-20-26/h2-13,19-20H,14-18H2,1H3. The van der Waals surface area contributed by atoms with Crippen molar-refractivity contribution in [2.75, 3.05) is 31.1 Å². The van der Waals surface area contributed by atoms with Gasteiger partial charge in [-0.2, -0.15) is 8.68 Å². The lowest BCUT2D eigenvalue weighted by molar-refractivity contribution is 0.384. The Morgan fingerprint density at radius 1 is 0.897 bits per heavy atom. The van der Waals surface area contributed by atoms with Gasteiger partial charge in [-0.3, -0.25) is 4.98 Å². The van der Waals surface area contributed by atoms with E-state index in [9.17, 15) is 8.42 Å². The van der Waals surface area contributed by atoms with E-state index >= 15 is 0 Å². The fraction of sp³-hybridized carbons (Fsp3) is 0.207. The van der Waals surface area contributed by atoms with Crippen molar-refractivity contribution >= 4 is 37.6 Å². The molecule has 1 aliphatic heterocycles. The lowest BCUT2D eigenvalue weighted by atomic mass is 10.1. The summed E-state index contributed by atoms with van der Waals surface area (Å²) in [6.07, 6.45) is 2.06. The number of nitrogens with zero attached hydrogens (tertiary/aromatic N) is 5.